The summed E-state index contributed by atoms with van der Waals surface area (Å²) in [5.41, 5.74) is 1.21. The summed E-state index contributed by atoms with van der Waals surface area (Å²) >= 11 is 1.71. The Bertz CT molecular complexity index is 899. The minimum Gasteiger partial charge on any atom is -0.339 e. The second-order valence-corrected chi connectivity index (χ2v) is 7.28. The third-order valence-corrected chi connectivity index (χ3v) is 5.81. The molecule has 0 aliphatic carbocycles. The van der Waals surface area contributed by atoms with Gasteiger partial charge in [0, 0.05) is 24.6 Å². The third-order valence-electron chi connectivity index (χ3n) is 4.61. The number of thiazole rings is 1. The molecule has 1 amide bonds. The van der Waals surface area contributed by atoms with Gasteiger partial charge in [-0.25, -0.2) is 13.8 Å². The van der Waals surface area contributed by atoms with Gasteiger partial charge >= 0.3 is 0 Å². The molecule has 3 aromatic rings. The number of hydrogen-bond acceptors (Lipinski definition) is 3. The van der Waals surface area contributed by atoms with Crippen LogP contribution in [0.3, 0.4) is 0 Å². The summed E-state index contributed by atoms with van der Waals surface area (Å²) in [5.74, 6) is -1.84. The molecule has 0 unspecified atom stereocenters. The van der Waals surface area contributed by atoms with Crippen molar-refractivity contribution >= 4 is 27.5 Å². The Balaban J connectivity index is 1.45. The van der Waals surface area contributed by atoms with Gasteiger partial charge in [-0.15, -0.1) is 11.3 Å². The van der Waals surface area contributed by atoms with Gasteiger partial charge in [0.2, 0.25) is 0 Å². The van der Waals surface area contributed by atoms with Gasteiger partial charge in [-0.05, 0) is 43.2 Å². The van der Waals surface area contributed by atoms with E-state index in [9.17, 15) is 13.6 Å². The molecule has 0 N–H and O–H groups in total. The number of halogens is 2. The minimum atomic E-state index is -0.991. The van der Waals surface area contributed by atoms with E-state index in [-0.39, 0.29) is 11.5 Å². The van der Waals surface area contributed by atoms with Crippen molar-refractivity contribution in [2.45, 2.75) is 18.8 Å². The molecule has 0 spiro atoms. The number of amides is 1. The van der Waals surface area contributed by atoms with Gasteiger partial charge in [0.05, 0.1) is 15.2 Å². The molecule has 0 bridgehead atoms. The van der Waals surface area contributed by atoms with Crippen molar-refractivity contribution in [1.82, 2.24) is 9.88 Å². The van der Waals surface area contributed by atoms with E-state index in [1.807, 2.05) is 18.2 Å². The lowest BCUT2D eigenvalue weighted by Gasteiger charge is -2.31. The Labute approximate surface area is 147 Å². The summed E-state index contributed by atoms with van der Waals surface area (Å²) in [6.45, 7) is 1.19. The van der Waals surface area contributed by atoms with Crippen LogP contribution in [0, 0.1) is 11.6 Å². The van der Waals surface area contributed by atoms with Gasteiger partial charge in [-0.2, -0.15) is 0 Å². The maximum atomic E-state index is 13.3. The van der Waals surface area contributed by atoms with Crippen molar-refractivity contribution in [2.75, 3.05) is 13.1 Å². The summed E-state index contributed by atoms with van der Waals surface area (Å²) < 4.78 is 27.5. The van der Waals surface area contributed by atoms with Gasteiger partial charge in [0.15, 0.2) is 11.6 Å². The van der Waals surface area contributed by atoms with Crippen LogP contribution in [0.25, 0.3) is 10.2 Å². The maximum absolute atomic E-state index is 13.3. The zero-order chi connectivity index (χ0) is 17.4. The second kappa shape index (κ2) is 6.52. The fraction of sp³-hybridized carbons (Fsp3) is 0.263. The zero-order valence-corrected chi connectivity index (χ0v) is 14.2. The van der Waals surface area contributed by atoms with Crippen LogP contribution in [-0.4, -0.2) is 28.9 Å². The molecule has 0 atom stereocenters. The predicted octanol–water partition coefficient (Wildman–Crippen LogP) is 4.59. The fourth-order valence-corrected chi connectivity index (χ4v) is 4.34. The standard InChI is InChI=1S/C19H16F2N2OS/c20-14-6-5-13(11-15(14)21)19(24)23-9-7-12(8-10-23)18-22-16-3-1-2-4-17(16)25-18/h1-6,11-12H,7-10H2. The van der Waals surface area contributed by atoms with Crippen LogP contribution in [0.1, 0.15) is 34.1 Å². The molecule has 25 heavy (non-hydrogen) atoms. The summed E-state index contributed by atoms with van der Waals surface area (Å²) in [7, 11) is 0. The highest BCUT2D eigenvalue weighted by molar-refractivity contribution is 7.18. The smallest absolute Gasteiger partial charge is 0.253 e. The molecule has 3 nitrogen and oxygen atoms in total. The van der Waals surface area contributed by atoms with Crippen molar-refractivity contribution in [3.8, 4) is 0 Å². The van der Waals surface area contributed by atoms with Crippen LogP contribution < -0.4 is 0 Å². The number of aromatic nitrogens is 1. The monoisotopic (exact) mass is 358 g/mol. The number of rotatable bonds is 2. The van der Waals surface area contributed by atoms with E-state index >= 15 is 0 Å². The van der Waals surface area contributed by atoms with Crippen LogP contribution in [-0.2, 0) is 0 Å². The second-order valence-electron chi connectivity index (χ2n) is 6.22. The first-order chi connectivity index (χ1) is 12.1. The normalized spacial score (nSPS) is 15.7. The number of carbonyl (C=O) groups is 1. The molecule has 0 radical (unpaired) electrons. The maximum Gasteiger partial charge on any atom is 0.253 e. The summed E-state index contributed by atoms with van der Waals surface area (Å²) in [4.78, 5) is 18.9. The molecular weight excluding hydrogens is 342 g/mol. The van der Waals surface area contributed by atoms with Gasteiger partial charge in [-0.1, -0.05) is 12.1 Å². The first-order valence-electron chi connectivity index (χ1n) is 8.21. The van der Waals surface area contributed by atoms with Gasteiger partial charge < -0.3 is 4.90 Å². The summed E-state index contributed by atoms with van der Waals surface area (Å²) in [5, 5.41) is 1.11. The van der Waals surface area contributed by atoms with E-state index in [4.69, 9.17) is 4.98 Å². The van der Waals surface area contributed by atoms with E-state index in [2.05, 4.69) is 6.07 Å². The molecule has 1 fully saturated rings. The van der Waals surface area contributed by atoms with E-state index < -0.39 is 11.6 Å². The number of carbonyl (C=O) groups excluding carboxylic acids is 1. The highest BCUT2D eigenvalue weighted by atomic mass is 32.1. The van der Waals surface area contributed by atoms with E-state index in [1.165, 1.54) is 10.8 Å². The molecule has 4 rings (SSSR count). The Kier molecular flexibility index (Phi) is 4.21. The third kappa shape index (κ3) is 3.14. The summed E-state index contributed by atoms with van der Waals surface area (Å²) in [6, 6.07) is 11.4. The number of likely N-dealkylation sites (tertiary alicyclic amines) is 1. The highest BCUT2D eigenvalue weighted by Crippen LogP contribution is 2.34. The van der Waals surface area contributed by atoms with Crippen LogP contribution in [0.5, 0.6) is 0 Å². The SMILES string of the molecule is O=C(c1ccc(F)c(F)c1)N1CCC(c2nc3ccccc3s2)CC1. The molecule has 1 aliphatic heterocycles. The average molecular weight is 358 g/mol. The lowest BCUT2D eigenvalue weighted by molar-refractivity contribution is 0.0712. The first kappa shape index (κ1) is 16.1. The number of benzene rings is 2. The Morgan fingerprint density at radius 3 is 2.56 bits per heavy atom. The van der Waals surface area contributed by atoms with Gasteiger partial charge in [0.25, 0.3) is 5.91 Å². The van der Waals surface area contributed by atoms with Crippen LogP contribution >= 0.6 is 11.3 Å². The van der Waals surface area contributed by atoms with Crippen molar-refractivity contribution in [3.63, 3.8) is 0 Å². The highest BCUT2D eigenvalue weighted by Gasteiger charge is 2.26. The van der Waals surface area contributed by atoms with Crippen LogP contribution in [0.2, 0.25) is 0 Å². The Hall–Kier alpha value is -2.34. The molecule has 2 aromatic carbocycles. The van der Waals surface area contributed by atoms with Crippen LogP contribution in [0.15, 0.2) is 42.5 Å². The quantitative estimate of drug-likeness (QED) is 0.671. The van der Waals surface area contributed by atoms with Crippen LogP contribution in [0.4, 0.5) is 8.78 Å². The topological polar surface area (TPSA) is 33.2 Å². The van der Waals surface area contributed by atoms with E-state index in [0.717, 1.165) is 35.5 Å². The van der Waals surface area contributed by atoms with Crippen molar-refractivity contribution < 1.29 is 13.6 Å². The van der Waals surface area contributed by atoms with Crippen molar-refractivity contribution in [2.24, 2.45) is 0 Å². The summed E-state index contributed by atoms with van der Waals surface area (Å²) in [6.07, 6.45) is 1.66. The number of hydrogen-bond donors (Lipinski definition) is 0. The van der Waals surface area contributed by atoms with Gasteiger partial charge in [-0.3, -0.25) is 4.79 Å². The van der Waals surface area contributed by atoms with E-state index in [1.54, 1.807) is 16.2 Å². The largest absolute Gasteiger partial charge is 0.339 e. The molecule has 128 valence electrons. The number of nitrogens with zero attached hydrogens (tertiary/aromatic N) is 2. The average Bonchev–Trinajstić information content (AvgIpc) is 3.08. The number of piperidine rings is 1. The molecule has 6 heteroatoms. The minimum absolute atomic E-state index is 0.192. The Morgan fingerprint density at radius 2 is 1.84 bits per heavy atom. The predicted molar refractivity (Wildman–Crippen MR) is 93.9 cm³/mol. The molecular formula is C19H16F2N2OS. The number of para-hydroxylation sites is 1. The first-order valence-corrected chi connectivity index (χ1v) is 9.03. The molecule has 2 heterocycles. The molecule has 1 aromatic heterocycles. The van der Waals surface area contributed by atoms with Crippen molar-refractivity contribution in [3.05, 3.63) is 64.7 Å². The lowest BCUT2D eigenvalue weighted by atomic mass is 9.97. The number of fused-ring (bicyclic) bond motifs is 1. The fourth-order valence-electron chi connectivity index (χ4n) is 3.21. The molecule has 1 saturated heterocycles. The van der Waals surface area contributed by atoms with Crippen molar-refractivity contribution in [1.29, 1.82) is 0 Å². The molecule has 0 saturated carbocycles. The van der Waals surface area contributed by atoms with E-state index in [0.29, 0.717) is 19.0 Å². The zero-order valence-electron chi connectivity index (χ0n) is 13.4. The Morgan fingerprint density at radius 1 is 1.08 bits per heavy atom. The molecule has 1 aliphatic rings. The van der Waals surface area contributed by atoms with Gasteiger partial charge in [0.1, 0.15) is 0 Å². The lowest BCUT2D eigenvalue weighted by Crippen LogP contribution is -2.38.